The van der Waals surface area contributed by atoms with Crippen molar-refractivity contribution in [2.45, 2.75) is 32.3 Å². The van der Waals surface area contributed by atoms with E-state index in [-0.39, 0.29) is 0 Å². The largest absolute Gasteiger partial charge is 0.378 e. The second-order valence-electron chi connectivity index (χ2n) is 5.47. The van der Waals surface area contributed by atoms with Crippen LogP contribution in [0.5, 0.6) is 0 Å². The first-order valence-electron chi connectivity index (χ1n) is 7.29. The number of hydrogen-bond acceptors (Lipinski definition) is 4. The number of halogens is 1. The Bertz CT molecular complexity index is 620. The summed E-state index contributed by atoms with van der Waals surface area (Å²) < 4.78 is 11.8. The first-order valence-corrected chi connectivity index (χ1v) is 8.08. The fraction of sp³-hybridized carbons (Fsp3) is 0.438. The lowest BCUT2D eigenvalue weighted by Crippen LogP contribution is -2.32. The van der Waals surface area contributed by atoms with Gasteiger partial charge in [0.1, 0.15) is 0 Å². The van der Waals surface area contributed by atoms with Gasteiger partial charge in [0.25, 0.3) is 0 Å². The average Bonchev–Trinajstić information content (AvgIpc) is 2.78. The summed E-state index contributed by atoms with van der Waals surface area (Å²) in [7, 11) is 0. The Morgan fingerprint density at radius 2 is 2.14 bits per heavy atom. The number of ether oxygens (including phenoxy) is 1. The molecule has 0 saturated heterocycles. The van der Waals surface area contributed by atoms with Crippen LogP contribution >= 0.6 is 15.9 Å². The fourth-order valence-corrected chi connectivity index (χ4v) is 3.40. The summed E-state index contributed by atoms with van der Waals surface area (Å²) in [5.41, 5.74) is 8.87. The molecule has 0 amide bonds. The minimum Gasteiger partial charge on any atom is -0.378 e. The van der Waals surface area contributed by atoms with Crippen LogP contribution in [0.1, 0.15) is 25.5 Å². The van der Waals surface area contributed by atoms with Gasteiger partial charge in [-0.15, -0.1) is 0 Å². The van der Waals surface area contributed by atoms with Crippen molar-refractivity contribution < 1.29 is 9.26 Å². The molecule has 1 aliphatic rings. The van der Waals surface area contributed by atoms with Crippen molar-refractivity contribution in [3.8, 4) is 11.1 Å². The lowest BCUT2D eigenvalue weighted by Gasteiger charge is -2.34. The van der Waals surface area contributed by atoms with Crippen LogP contribution in [0.3, 0.4) is 0 Å². The van der Waals surface area contributed by atoms with Gasteiger partial charge in [-0.25, -0.2) is 0 Å². The fourth-order valence-electron chi connectivity index (χ4n) is 2.92. The Morgan fingerprint density at radius 1 is 1.38 bits per heavy atom. The lowest BCUT2D eigenvalue weighted by atomic mass is 9.78. The number of hydrogen-bond donors (Lipinski definition) is 1. The van der Waals surface area contributed by atoms with Crippen molar-refractivity contribution in [1.29, 1.82) is 0 Å². The minimum absolute atomic E-state index is 0.387. The standard InChI is InChI=1S/C16H19BrN2O2/c1-2-20-11-7-10(8-11)9-14-15(16(18)21-19-14)12-5-3-4-6-13(12)17/h3-6,10-11H,2,7-9,18H2,1H3. The van der Waals surface area contributed by atoms with Gasteiger partial charge in [0.2, 0.25) is 5.88 Å². The smallest absolute Gasteiger partial charge is 0.230 e. The molecule has 5 heteroatoms. The third-order valence-electron chi connectivity index (χ3n) is 4.01. The molecule has 0 bridgehead atoms. The molecule has 3 rings (SSSR count). The Balaban J connectivity index is 1.78. The van der Waals surface area contributed by atoms with Crippen LogP contribution in [0.25, 0.3) is 11.1 Å². The molecule has 0 aliphatic heterocycles. The van der Waals surface area contributed by atoms with Crippen LogP contribution in [0, 0.1) is 5.92 Å². The van der Waals surface area contributed by atoms with Gasteiger partial charge in [-0.2, -0.15) is 0 Å². The zero-order valence-corrected chi connectivity index (χ0v) is 13.6. The van der Waals surface area contributed by atoms with E-state index < -0.39 is 0 Å². The highest BCUT2D eigenvalue weighted by Gasteiger charge is 2.31. The molecule has 1 aromatic carbocycles. The highest BCUT2D eigenvalue weighted by atomic mass is 79.9. The van der Waals surface area contributed by atoms with E-state index in [4.69, 9.17) is 15.0 Å². The van der Waals surface area contributed by atoms with Crippen LogP contribution < -0.4 is 5.73 Å². The van der Waals surface area contributed by atoms with Gasteiger partial charge >= 0.3 is 0 Å². The molecular weight excluding hydrogens is 332 g/mol. The number of nitrogens with two attached hydrogens (primary N) is 1. The van der Waals surface area contributed by atoms with Gasteiger partial charge in [-0.1, -0.05) is 39.3 Å². The molecule has 2 aromatic rings. The van der Waals surface area contributed by atoms with E-state index in [0.29, 0.717) is 17.9 Å². The number of nitrogen functional groups attached to an aromatic ring is 1. The molecule has 1 saturated carbocycles. The molecule has 0 atom stereocenters. The molecule has 1 aromatic heterocycles. The van der Waals surface area contributed by atoms with Crippen molar-refractivity contribution in [1.82, 2.24) is 5.16 Å². The molecule has 0 radical (unpaired) electrons. The number of nitrogens with zero attached hydrogens (tertiary/aromatic N) is 1. The molecule has 1 aliphatic carbocycles. The third-order valence-corrected chi connectivity index (χ3v) is 4.70. The second-order valence-corrected chi connectivity index (χ2v) is 6.32. The predicted octanol–water partition coefficient (Wildman–Crippen LogP) is 4.04. The number of anilines is 1. The van der Waals surface area contributed by atoms with Crippen LogP contribution in [0.4, 0.5) is 5.88 Å². The van der Waals surface area contributed by atoms with Gasteiger partial charge in [0.15, 0.2) is 0 Å². The van der Waals surface area contributed by atoms with Crippen LogP contribution in [0.2, 0.25) is 0 Å². The van der Waals surface area contributed by atoms with E-state index in [1.54, 1.807) is 0 Å². The first kappa shape index (κ1) is 14.6. The monoisotopic (exact) mass is 350 g/mol. The average molecular weight is 351 g/mol. The van der Waals surface area contributed by atoms with Crippen LogP contribution in [0.15, 0.2) is 33.3 Å². The van der Waals surface area contributed by atoms with E-state index in [0.717, 1.165) is 47.2 Å². The molecule has 0 unspecified atom stereocenters. The normalized spacial score (nSPS) is 21.2. The number of benzene rings is 1. The third kappa shape index (κ3) is 2.99. The summed E-state index contributed by atoms with van der Waals surface area (Å²) in [6.45, 7) is 2.83. The second kappa shape index (κ2) is 6.20. The summed E-state index contributed by atoms with van der Waals surface area (Å²) >= 11 is 3.57. The Hall–Kier alpha value is -1.33. The highest BCUT2D eigenvalue weighted by molar-refractivity contribution is 9.10. The van der Waals surface area contributed by atoms with Gasteiger partial charge in [-0.05, 0) is 38.2 Å². The molecule has 2 N–H and O–H groups in total. The zero-order valence-electron chi connectivity index (χ0n) is 12.0. The van der Waals surface area contributed by atoms with Crippen molar-refractivity contribution in [2.75, 3.05) is 12.3 Å². The molecule has 1 fully saturated rings. The van der Waals surface area contributed by atoms with E-state index in [9.17, 15) is 0 Å². The van der Waals surface area contributed by atoms with Crippen molar-refractivity contribution >= 4 is 21.8 Å². The predicted molar refractivity (Wildman–Crippen MR) is 85.9 cm³/mol. The lowest BCUT2D eigenvalue weighted by molar-refractivity contribution is -0.0244. The topological polar surface area (TPSA) is 61.3 Å². The SMILES string of the molecule is CCOC1CC(Cc2noc(N)c2-c2ccccc2Br)C1. The maximum atomic E-state index is 5.98. The molecule has 0 spiro atoms. The zero-order chi connectivity index (χ0) is 14.8. The van der Waals surface area contributed by atoms with Crippen LogP contribution in [-0.4, -0.2) is 17.9 Å². The first-order chi connectivity index (χ1) is 10.2. The van der Waals surface area contributed by atoms with Gasteiger partial charge in [0, 0.05) is 16.6 Å². The van der Waals surface area contributed by atoms with Crippen molar-refractivity contribution in [3.05, 3.63) is 34.4 Å². The summed E-state index contributed by atoms with van der Waals surface area (Å²) in [4.78, 5) is 0. The Labute approximate surface area is 132 Å². The molecular formula is C16H19BrN2O2. The molecule has 21 heavy (non-hydrogen) atoms. The van der Waals surface area contributed by atoms with Gasteiger partial charge in [0.05, 0.1) is 17.4 Å². The van der Waals surface area contributed by atoms with E-state index in [1.807, 2.05) is 31.2 Å². The molecule has 4 nitrogen and oxygen atoms in total. The van der Waals surface area contributed by atoms with Gasteiger partial charge in [-0.3, -0.25) is 0 Å². The summed E-state index contributed by atoms with van der Waals surface area (Å²) in [5.74, 6) is 0.991. The highest BCUT2D eigenvalue weighted by Crippen LogP contribution is 2.39. The Morgan fingerprint density at radius 3 is 2.86 bits per heavy atom. The molecule has 112 valence electrons. The maximum Gasteiger partial charge on any atom is 0.230 e. The minimum atomic E-state index is 0.387. The quantitative estimate of drug-likeness (QED) is 0.883. The van der Waals surface area contributed by atoms with E-state index >= 15 is 0 Å². The van der Waals surface area contributed by atoms with Gasteiger partial charge < -0.3 is 15.0 Å². The summed E-state index contributed by atoms with van der Waals surface area (Å²) in [6, 6.07) is 8.00. The summed E-state index contributed by atoms with van der Waals surface area (Å²) in [5, 5.41) is 4.16. The Kier molecular flexibility index (Phi) is 4.31. The number of aromatic nitrogens is 1. The van der Waals surface area contributed by atoms with E-state index in [1.165, 1.54) is 0 Å². The van der Waals surface area contributed by atoms with Crippen LogP contribution in [-0.2, 0) is 11.2 Å². The molecule has 1 heterocycles. The van der Waals surface area contributed by atoms with Crippen molar-refractivity contribution in [2.24, 2.45) is 5.92 Å². The maximum absolute atomic E-state index is 5.98. The number of rotatable bonds is 5. The van der Waals surface area contributed by atoms with E-state index in [2.05, 4.69) is 21.1 Å². The van der Waals surface area contributed by atoms with Crippen molar-refractivity contribution in [3.63, 3.8) is 0 Å². The summed E-state index contributed by atoms with van der Waals surface area (Å²) in [6.07, 6.45) is 3.49.